The van der Waals surface area contributed by atoms with Crippen LogP contribution in [0.25, 0.3) is 0 Å². The lowest BCUT2D eigenvalue weighted by molar-refractivity contribution is -0.126. The number of hydrogen-bond donors (Lipinski definition) is 1. The minimum Gasteiger partial charge on any atom is -0.302 e. The molecule has 0 saturated carbocycles. The van der Waals surface area contributed by atoms with Crippen LogP contribution in [0, 0.1) is 0 Å². The van der Waals surface area contributed by atoms with Gasteiger partial charge < -0.3 is 5.73 Å². The first-order valence-corrected chi connectivity index (χ1v) is 4.18. The zero-order valence-corrected chi connectivity index (χ0v) is 6.73. The minimum absolute atomic E-state index is 0.0153. The Hall–Kier alpha value is -0.190. The third-order valence-corrected chi connectivity index (χ3v) is 2.13. The van der Waals surface area contributed by atoms with Gasteiger partial charge in [-0.2, -0.15) is 0 Å². The summed E-state index contributed by atoms with van der Waals surface area (Å²) in [6.07, 6.45) is 1.64. The van der Waals surface area contributed by atoms with Crippen LogP contribution in [0.2, 0.25) is 0 Å². The molecule has 1 aliphatic heterocycles. The van der Waals surface area contributed by atoms with E-state index in [1.807, 2.05) is 0 Å². The van der Waals surface area contributed by atoms with E-state index in [1.54, 1.807) is 11.6 Å². The van der Waals surface area contributed by atoms with Crippen LogP contribution >= 0.6 is 23.4 Å². The van der Waals surface area contributed by atoms with E-state index in [-0.39, 0.29) is 17.3 Å². The SMILES string of the molecule is N[C@H]1SC=CN1C(=O)CCl. The number of carbonyl (C=O) groups is 1. The molecular formula is C5H7ClN2OS. The number of halogens is 1. The molecule has 0 unspecified atom stereocenters. The molecular weight excluding hydrogens is 172 g/mol. The summed E-state index contributed by atoms with van der Waals surface area (Å²) in [7, 11) is 0. The Labute approximate surface area is 68.2 Å². The number of hydrogen-bond acceptors (Lipinski definition) is 3. The first-order valence-electron chi connectivity index (χ1n) is 2.70. The molecule has 3 nitrogen and oxygen atoms in total. The van der Waals surface area contributed by atoms with Crippen LogP contribution in [-0.2, 0) is 4.79 Å². The Morgan fingerprint density at radius 3 is 3.00 bits per heavy atom. The number of thioether (sulfide) groups is 1. The van der Waals surface area contributed by atoms with Crippen molar-refractivity contribution in [3.05, 3.63) is 11.6 Å². The van der Waals surface area contributed by atoms with Gasteiger partial charge in [0.1, 0.15) is 11.4 Å². The highest BCUT2D eigenvalue weighted by Gasteiger charge is 2.20. The molecule has 1 heterocycles. The number of nitrogens with two attached hydrogens (primary N) is 1. The fourth-order valence-electron chi connectivity index (χ4n) is 0.626. The Balaban J connectivity index is 2.55. The summed E-state index contributed by atoms with van der Waals surface area (Å²) in [5.74, 6) is -0.172. The van der Waals surface area contributed by atoms with Gasteiger partial charge in [-0.1, -0.05) is 11.8 Å². The maximum absolute atomic E-state index is 10.9. The Bertz CT molecular complexity index is 173. The maximum Gasteiger partial charge on any atom is 0.243 e. The highest BCUT2D eigenvalue weighted by molar-refractivity contribution is 8.02. The van der Waals surface area contributed by atoms with Crippen LogP contribution in [0.15, 0.2) is 11.6 Å². The van der Waals surface area contributed by atoms with Gasteiger partial charge in [-0.05, 0) is 5.41 Å². The Kier molecular flexibility index (Phi) is 2.59. The summed E-state index contributed by atoms with van der Waals surface area (Å²) in [6.45, 7) is 0. The normalized spacial score (nSPS) is 23.8. The van der Waals surface area contributed by atoms with Crippen LogP contribution in [-0.4, -0.2) is 22.2 Å². The van der Waals surface area contributed by atoms with E-state index in [2.05, 4.69) is 0 Å². The van der Waals surface area contributed by atoms with Crippen molar-refractivity contribution in [1.29, 1.82) is 0 Å². The number of nitrogens with zero attached hydrogens (tertiary/aromatic N) is 1. The van der Waals surface area contributed by atoms with Crippen molar-refractivity contribution in [2.24, 2.45) is 5.73 Å². The molecule has 1 rings (SSSR count). The topological polar surface area (TPSA) is 46.3 Å². The minimum atomic E-state index is -0.286. The lowest BCUT2D eigenvalue weighted by Gasteiger charge is -2.16. The van der Waals surface area contributed by atoms with E-state index in [0.717, 1.165) is 0 Å². The molecule has 0 aromatic heterocycles. The van der Waals surface area contributed by atoms with Crippen molar-refractivity contribution in [3.8, 4) is 0 Å². The third-order valence-electron chi connectivity index (χ3n) is 1.12. The van der Waals surface area contributed by atoms with Crippen LogP contribution in [0.3, 0.4) is 0 Å². The first kappa shape index (κ1) is 7.91. The smallest absolute Gasteiger partial charge is 0.243 e. The lowest BCUT2D eigenvalue weighted by Crippen LogP contribution is -2.37. The highest BCUT2D eigenvalue weighted by Crippen LogP contribution is 2.20. The zero-order valence-electron chi connectivity index (χ0n) is 5.16. The van der Waals surface area contributed by atoms with Crippen molar-refractivity contribution in [3.63, 3.8) is 0 Å². The van der Waals surface area contributed by atoms with Gasteiger partial charge in [-0.15, -0.1) is 11.6 Å². The molecule has 10 heavy (non-hydrogen) atoms. The average Bonchev–Trinajstić information content (AvgIpc) is 2.34. The maximum atomic E-state index is 10.9. The third kappa shape index (κ3) is 1.45. The molecule has 2 N–H and O–H groups in total. The number of rotatable bonds is 1. The van der Waals surface area contributed by atoms with Crippen LogP contribution in [0.4, 0.5) is 0 Å². The van der Waals surface area contributed by atoms with E-state index in [0.29, 0.717) is 0 Å². The van der Waals surface area contributed by atoms with Crippen molar-refractivity contribution < 1.29 is 4.79 Å². The van der Waals surface area contributed by atoms with Gasteiger partial charge in [0.2, 0.25) is 5.91 Å². The average molecular weight is 179 g/mol. The fourth-order valence-corrected chi connectivity index (χ4v) is 1.45. The molecule has 1 amide bonds. The van der Waals surface area contributed by atoms with Crippen LogP contribution in [0.5, 0.6) is 0 Å². The number of alkyl halides is 1. The number of carbonyl (C=O) groups excluding carboxylic acids is 1. The molecule has 0 saturated heterocycles. The summed E-state index contributed by atoms with van der Waals surface area (Å²) in [5, 5.41) is 1.77. The molecule has 56 valence electrons. The summed E-state index contributed by atoms with van der Waals surface area (Å²) in [6, 6.07) is 0. The molecule has 1 aliphatic rings. The Morgan fingerprint density at radius 2 is 2.60 bits per heavy atom. The van der Waals surface area contributed by atoms with Crippen molar-refractivity contribution in [2.45, 2.75) is 5.50 Å². The molecule has 0 aliphatic carbocycles. The van der Waals surface area contributed by atoms with E-state index in [1.165, 1.54) is 16.7 Å². The van der Waals surface area contributed by atoms with Gasteiger partial charge >= 0.3 is 0 Å². The predicted molar refractivity (Wildman–Crippen MR) is 42.3 cm³/mol. The van der Waals surface area contributed by atoms with E-state index < -0.39 is 0 Å². The van der Waals surface area contributed by atoms with E-state index >= 15 is 0 Å². The van der Waals surface area contributed by atoms with Crippen LogP contribution in [0.1, 0.15) is 0 Å². The second-order valence-corrected chi connectivity index (χ2v) is 3.04. The summed E-state index contributed by atoms with van der Waals surface area (Å²) < 4.78 is 0. The summed E-state index contributed by atoms with van der Waals surface area (Å²) in [4.78, 5) is 12.3. The first-order chi connectivity index (χ1) is 4.75. The summed E-state index contributed by atoms with van der Waals surface area (Å²) in [5.41, 5.74) is 5.22. The molecule has 0 spiro atoms. The largest absolute Gasteiger partial charge is 0.302 e. The highest BCUT2D eigenvalue weighted by atomic mass is 35.5. The van der Waals surface area contributed by atoms with Gasteiger partial charge in [-0.3, -0.25) is 9.69 Å². The summed E-state index contributed by atoms with van der Waals surface area (Å²) >= 11 is 6.70. The van der Waals surface area contributed by atoms with Gasteiger partial charge in [-0.25, -0.2) is 0 Å². The fraction of sp³-hybridized carbons (Fsp3) is 0.400. The van der Waals surface area contributed by atoms with Crippen molar-refractivity contribution >= 4 is 29.3 Å². The molecule has 0 aromatic rings. The monoisotopic (exact) mass is 178 g/mol. The molecule has 1 atom stereocenters. The van der Waals surface area contributed by atoms with E-state index in [9.17, 15) is 4.79 Å². The van der Waals surface area contributed by atoms with Gasteiger partial charge in [0, 0.05) is 6.20 Å². The second kappa shape index (κ2) is 3.27. The number of amides is 1. The van der Waals surface area contributed by atoms with Crippen molar-refractivity contribution in [1.82, 2.24) is 4.90 Å². The quantitative estimate of drug-likeness (QED) is 0.596. The molecule has 0 bridgehead atoms. The van der Waals surface area contributed by atoms with Crippen LogP contribution < -0.4 is 5.73 Å². The zero-order chi connectivity index (χ0) is 7.56. The molecule has 0 radical (unpaired) electrons. The van der Waals surface area contributed by atoms with Gasteiger partial charge in [0.15, 0.2) is 0 Å². The molecule has 5 heteroatoms. The van der Waals surface area contributed by atoms with Gasteiger partial charge in [0.05, 0.1) is 0 Å². The lowest BCUT2D eigenvalue weighted by atomic mass is 10.6. The Morgan fingerprint density at radius 1 is 1.90 bits per heavy atom. The predicted octanol–water partition coefficient (Wildman–Crippen LogP) is 0.514. The second-order valence-electron chi connectivity index (χ2n) is 1.75. The molecule has 0 aromatic carbocycles. The van der Waals surface area contributed by atoms with Gasteiger partial charge in [0.25, 0.3) is 0 Å². The van der Waals surface area contributed by atoms with E-state index in [4.69, 9.17) is 17.3 Å². The van der Waals surface area contributed by atoms with Crippen molar-refractivity contribution in [2.75, 3.05) is 5.88 Å². The standard InChI is InChI=1S/C5H7ClN2OS/c6-3-4(9)8-1-2-10-5(8)7/h1-2,5H,3,7H2/t5-/m1/s1. The molecule has 0 fully saturated rings.